The van der Waals surface area contributed by atoms with Gasteiger partial charge in [0.05, 0.1) is 0 Å². The monoisotopic (exact) mass is 1810 g/mol. The number of rotatable bonds is 26. The smallest absolute Gasteiger partial charge is 0.663 e. The number of hydrogen-bond acceptors (Lipinski definition) is 12. The second kappa shape index (κ2) is 87.9. The first kappa shape index (κ1) is 117. The quantitative estimate of drug-likeness (QED) is 0.0290. The molecule has 0 aromatic carbocycles. The minimum Gasteiger partial charge on any atom is -0.663 e. The maximum absolute atomic E-state index is 6.67. The molecule has 0 spiro atoms. The molecule has 12 aromatic rings. The number of hydrogen-bond donors (Lipinski definition) is 2. The molecule has 2 N–H and O–H groups in total. The van der Waals surface area contributed by atoms with Gasteiger partial charge in [0, 0.05) is 140 Å². The summed E-state index contributed by atoms with van der Waals surface area (Å²) in [5, 5.41) is 13.3. The molecule has 12 rings (SSSR count). The van der Waals surface area contributed by atoms with Crippen LogP contribution in [0.25, 0.3) is 0 Å². The average molecular weight is 1810 g/mol. The van der Waals surface area contributed by atoms with Gasteiger partial charge in [0.25, 0.3) is 0 Å². The number of aromatic nitrogens is 12. The van der Waals surface area contributed by atoms with Crippen molar-refractivity contribution in [2.45, 2.75) is 120 Å². The van der Waals surface area contributed by atoms with Crippen LogP contribution in [0.3, 0.4) is 0 Å². The van der Waals surface area contributed by atoms with E-state index >= 15 is 0 Å². The van der Waals surface area contributed by atoms with Crippen molar-refractivity contribution in [2.75, 3.05) is 53.4 Å². The van der Waals surface area contributed by atoms with Crippen LogP contribution < -0.4 is 59.8 Å². The van der Waals surface area contributed by atoms with Crippen LogP contribution >= 0.6 is 0 Å². The van der Waals surface area contributed by atoms with Gasteiger partial charge in [-0.3, -0.25) is 49.9 Å². The Kier molecular flexibility index (Phi) is 88.9. The molecule has 30 heteroatoms. The van der Waals surface area contributed by atoms with E-state index in [9.17, 15) is 0 Å². The first-order valence-corrected chi connectivity index (χ1v) is 36.7. The Bertz CT molecular complexity index is 3810. The van der Waals surface area contributed by atoms with Crippen molar-refractivity contribution in [1.29, 1.82) is 10.8 Å². The molecule has 24 nitrogen and oxygen atoms in total. The summed E-state index contributed by atoms with van der Waals surface area (Å²) in [4.78, 5) is 88.5. The molecule has 0 aliphatic heterocycles. The third-order valence-corrected chi connectivity index (χ3v) is 12.4. The first-order chi connectivity index (χ1) is 53.9. The zero-order valence-corrected chi connectivity index (χ0v) is 75.5. The minimum atomic E-state index is 0. The van der Waals surface area contributed by atoms with Crippen LogP contribution in [0.15, 0.2) is 270 Å². The first-order valence-electron chi connectivity index (χ1n) is 36.7. The van der Waals surface area contributed by atoms with Crippen molar-refractivity contribution in [1.82, 2.24) is 59.8 Å². The number of nitrogens with zero attached hydrogens (tertiary/aromatic N) is 22. The third kappa shape index (κ3) is 72.2. The molecule has 116 heavy (non-hydrogen) atoms. The van der Waals surface area contributed by atoms with Crippen molar-refractivity contribution in [3.63, 3.8) is 0 Å². The Morgan fingerprint density at radius 3 is 0.578 bits per heavy atom. The maximum Gasteiger partial charge on any atom is 2.00 e. The normalized spacial score (nSPS) is 10.1. The summed E-state index contributed by atoms with van der Waals surface area (Å²) in [6.45, 7) is 26.0. The van der Waals surface area contributed by atoms with Gasteiger partial charge in [-0.2, -0.15) is 74.4 Å². The second-order valence-electron chi connectivity index (χ2n) is 22.7. The fourth-order valence-electron chi connectivity index (χ4n) is 7.17. The van der Waals surface area contributed by atoms with E-state index in [0.717, 1.165) is 133 Å². The van der Waals surface area contributed by atoms with Gasteiger partial charge in [-0.1, -0.05) is 186 Å². The Balaban J connectivity index is -0.000000284. The Labute approximate surface area is 752 Å². The molecule has 0 aliphatic rings. The predicted octanol–water partition coefficient (Wildman–Crippen LogP) is 14.4. The van der Waals surface area contributed by atoms with Gasteiger partial charge in [0.15, 0.2) is 0 Å². The van der Waals surface area contributed by atoms with Gasteiger partial charge in [0.1, 0.15) is 0 Å². The molecule has 0 atom stereocenters. The van der Waals surface area contributed by atoms with Gasteiger partial charge in [0.2, 0.25) is 0 Å². The molecule has 0 unspecified atom stereocenters. The number of aliphatic imine (C=N–C) groups is 10. The summed E-state index contributed by atoms with van der Waals surface area (Å²) in [5.74, 6) is 0. The van der Waals surface area contributed by atoms with E-state index in [2.05, 4.69) is 137 Å². The molecule has 12 heterocycles. The van der Waals surface area contributed by atoms with Gasteiger partial charge in [-0.25, -0.2) is 0 Å². The SMILES string of the molecule is CC(C)N=Cc1ccc[n-]1.CC(C)N=Cc1ccc[n-]1.CCCCN=Cc1ccc[n-]1.CCCCN=Cc1ccc[n-]1.CCCN=Cc1ccc[n-]1.CCCN=Cc1ccc[n-]1.CCN=Cc1ccc[n-]1.CCN=Cc1ccc[n-]1.CN=Cc1ccc[n-]1.CN=Cc1ccc[n-]1.N=Cc1ccc[n-]1.N=Cc1ccc[n-]1.[Mn+2].[Mn+2].[Mn+2].[Mn+2].[Mn+2].[Mn+2]. The molecular weight excluding hydrogens is 1700 g/mol. The van der Waals surface area contributed by atoms with Crippen molar-refractivity contribution in [3.8, 4) is 0 Å². The Hall–Kier alpha value is -9.48. The van der Waals surface area contributed by atoms with Crippen molar-refractivity contribution >= 4 is 74.6 Å². The van der Waals surface area contributed by atoms with E-state index in [-0.39, 0.29) is 102 Å². The van der Waals surface area contributed by atoms with E-state index in [4.69, 9.17) is 10.8 Å². The molecule has 0 saturated heterocycles. The standard InChI is InChI=1S/2C9H13N2.4C8H11N2.2C7H9N2.2C6H7N2.2C5H5N2.6Mn/c2*1-2-3-6-10-8-9-5-4-7-11-9;2*1-7(2)10-6-8-4-3-5-9-8;2*1-2-5-9-7-8-4-3-6-10-8;2*1-2-8-6-7-4-3-5-9-7;2*1-7-5-6-3-2-4-8-6;2*6-4-5-2-1-3-7-5;;;;;;/h2*4-5,7-8H,2-3,6H2,1H3;2*3-7H,1-2H3;2*3-4,6-7H,2,5H2,1H3;2*3-6H,2H2,1H3;2*2-5H,1H3;2*1-4,6H;;;;;;/q12*-1;6*+2. The van der Waals surface area contributed by atoms with Crippen LogP contribution in [0.2, 0.25) is 0 Å². The Morgan fingerprint density at radius 2 is 0.431 bits per heavy atom. The van der Waals surface area contributed by atoms with E-state index in [1.807, 2.05) is 188 Å². The van der Waals surface area contributed by atoms with Gasteiger partial charge >= 0.3 is 102 Å². The molecule has 0 aliphatic carbocycles. The van der Waals surface area contributed by atoms with Crippen LogP contribution in [0.1, 0.15) is 176 Å². The molecule has 0 fully saturated rings. The molecule has 0 saturated carbocycles. The van der Waals surface area contributed by atoms with E-state index in [1.54, 1.807) is 150 Å². The summed E-state index contributed by atoms with van der Waals surface area (Å²) in [7, 11) is 3.46. The van der Waals surface area contributed by atoms with Crippen LogP contribution in [-0.4, -0.2) is 140 Å². The summed E-state index contributed by atoms with van der Waals surface area (Å²) in [6.07, 6.45) is 48.2. The minimum absolute atomic E-state index is 0. The fraction of sp³-hybridized carbons (Fsp3) is 0.302. The molecule has 618 valence electrons. The average Bonchev–Trinajstić information content (AvgIpc) is 1.86. The van der Waals surface area contributed by atoms with Gasteiger partial charge in [-0.05, 0) is 67.2 Å². The predicted molar refractivity (Wildman–Crippen MR) is 462 cm³/mol. The van der Waals surface area contributed by atoms with Crippen molar-refractivity contribution in [3.05, 3.63) is 288 Å². The number of unbranched alkanes of at least 4 members (excludes halogenated alkanes) is 2. The molecule has 6 radical (unpaired) electrons. The van der Waals surface area contributed by atoms with Crippen LogP contribution in [0.4, 0.5) is 0 Å². The van der Waals surface area contributed by atoms with Gasteiger partial charge in [-0.15, -0.1) is 68.3 Å². The molecule has 0 amide bonds. The second-order valence-corrected chi connectivity index (χ2v) is 22.7. The van der Waals surface area contributed by atoms with Crippen LogP contribution in [0.5, 0.6) is 0 Å². The van der Waals surface area contributed by atoms with E-state index in [1.165, 1.54) is 25.3 Å². The topological polar surface area (TPSA) is 341 Å². The van der Waals surface area contributed by atoms with Crippen molar-refractivity contribution < 1.29 is 102 Å². The molecule has 12 aromatic heterocycles. The third-order valence-electron chi connectivity index (χ3n) is 12.4. The van der Waals surface area contributed by atoms with Gasteiger partial charge < -0.3 is 70.6 Å². The summed E-state index contributed by atoms with van der Waals surface area (Å²) < 4.78 is 0. The van der Waals surface area contributed by atoms with E-state index in [0.29, 0.717) is 12.1 Å². The zero-order valence-electron chi connectivity index (χ0n) is 68.5. The zero-order chi connectivity index (χ0) is 80.1. The van der Waals surface area contributed by atoms with E-state index < -0.39 is 0 Å². The van der Waals surface area contributed by atoms with Crippen LogP contribution in [-0.2, 0) is 102 Å². The molecular formula is C86H112Mn6N24. The fourth-order valence-corrected chi connectivity index (χ4v) is 7.17. The summed E-state index contributed by atoms with van der Waals surface area (Å²) in [5.41, 5.74) is 10.9. The Morgan fingerprint density at radius 1 is 0.250 bits per heavy atom. The maximum atomic E-state index is 6.67. The van der Waals surface area contributed by atoms with Crippen molar-refractivity contribution in [2.24, 2.45) is 49.9 Å². The molecule has 0 bridgehead atoms. The largest absolute Gasteiger partial charge is 2.00 e. The van der Waals surface area contributed by atoms with Crippen LogP contribution in [0, 0.1) is 10.8 Å². The number of nitrogens with one attached hydrogen (secondary N) is 2. The summed E-state index contributed by atoms with van der Waals surface area (Å²) >= 11 is 0. The summed E-state index contributed by atoms with van der Waals surface area (Å²) in [6, 6.07) is 46.3.